The molecule has 8 heteroatoms. The number of ether oxygens (including phenoxy) is 1. The Labute approximate surface area is 159 Å². The fraction of sp³-hybridized carbons (Fsp3) is 0.263. The molecule has 2 aromatic carbocycles. The summed E-state index contributed by atoms with van der Waals surface area (Å²) in [7, 11) is -2.42. The van der Waals surface area contributed by atoms with Crippen LogP contribution in [0.5, 0.6) is 0 Å². The highest BCUT2D eigenvalue weighted by Crippen LogP contribution is 2.22. The summed E-state index contributed by atoms with van der Waals surface area (Å²) in [5.41, 5.74) is 1.82. The van der Waals surface area contributed by atoms with Gasteiger partial charge in [0.1, 0.15) is 6.04 Å². The zero-order valence-electron chi connectivity index (χ0n) is 15.6. The van der Waals surface area contributed by atoms with Crippen molar-refractivity contribution in [2.75, 3.05) is 23.0 Å². The monoisotopic (exact) mass is 390 g/mol. The molecule has 0 saturated carbocycles. The number of esters is 1. The summed E-state index contributed by atoms with van der Waals surface area (Å²) in [5, 5.41) is 2.70. The molecule has 144 valence electrons. The fourth-order valence-corrected chi connectivity index (χ4v) is 3.80. The van der Waals surface area contributed by atoms with Crippen molar-refractivity contribution in [1.82, 2.24) is 0 Å². The molecular weight excluding hydrogens is 368 g/mol. The molecule has 1 N–H and O–H groups in total. The number of carbonyl (C=O) groups is 2. The van der Waals surface area contributed by atoms with Gasteiger partial charge in [0, 0.05) is 5.69 Å². The van der Waals surface area contributed by atoms with E-state index in [1.54, 1.807) is 49.4 Å². The van der Waals surface area contributed by atoms with Gasteiger partial charge in [-0.1, -0.05) is 24.3 Å². The van der Waals surface area contributed by atoms with Gasteiger partial charge < -0.3 is 10.1 Å². The van der Waals surface area contributed by atoms with E-state index >= 15 is 0 Å². The van der Waals surface area contributed by atoms with Gasteiger partial charge in [-0.25, -0.2) is 13.2 Å². The minimum Gasteiger partial charge on any atom is -0.465 e. The van der Waals surface area contributed by atoms with Crippen LogP contribution in [0.1, 0.15) is 22.8 Å². The molecule has 0 saturated heterocycles. The minimum absolute atomic E-state index is 0.286. The zero-order valence-corrected chi connectivity index (χ0v) is 16.4. The van der Waals surface area contributed by atoms with E-state index in [0.717, 1.165) is 16.1 Å². The van der Waals surface area contributed by atoms with Crippen LogP contribution in [0.2, 0.25) is 0 Å². The molecule has 2 rings (SSSR count). The molecule has 1 amide bonds. The Morgan fingerprint density at radius 2 is 1.74 bits per heavy atom. The number of aryl methyl sites for hydroxylation is 1. The van der Waals surface area contributed by atoms with Gasteiger partial charge in [-0.15, -0.1) is 0 Å². The van der Waals surface area contributed by atoms with E-state index in [9.17, 15) is 18.0 Å². The molecule has 0 aromatic heterocycles. The van der Waals surface area contributed by atoms with Crippen LogP contribution in [-0.4, -0.2) is 39.7 Å². The number of rotatable bonds is 6. The maximum absolute atomic E-state index is 12.7. The number of hydrogen-bond acceptors (Lipinski definition) is 5. The second kappa shape index (κ2) is 8.22. The lowest BCUT2D eigenvalue weighted by Crippen LogP contribution is -2.45. The van der Waals surface area contributed by atoms with Gasteiger partial charge in [-0.3, -0.25) is 9.10 Å². The van der Waals surface area contributed by atoms with Gasteiger partial charge in [-0.05, 0) is 43.7 Å². The van der Waals surface area contributed by atoms with Gasteiger partial charge >= 0.3 is 5.97 Å². The van der Waals surface area contributed by atoms with Crippen molar-refractivity contribution in [3.63, 3.8) is 0 Å². The first kappa shape index (κ1) is 20.4. The minimum atomic E-state index is -3.69. The summed E-state index contributed by atoms with van der Waals surface area (Å²) in [6, 6.07) is 12.2. The molecule has 0 fully saturated rings. The zero-order chi connectivity index (χ0) is 20.2. The first-order valence-corrected chi connectivity index (χ1v) is 10.0. The second-order valence-electron chi connectivity index (χ2n) is 6.08. The van der Waals surface area contributed by atoms with E-state index in [0.29, 0.717) is 11.4 Å². The highest BCUT2D eigenvalue weighted by Gasteiger charge is 2.29. The van der Waals surface area contributed by atoms with E-state index in [-0.39, 0.29) is 5.56 Å². The molecule has 0 spiro atoms. The summed E-state index contributed by atoms with van der Waals surface area (Å²) in [5.74, 6) is -1.05. The highest BCUT2D eigenvalue weighted by atomic mass is 32.2. The average Bonchev–Trinajstić information content (AvgIpc) is 2.62. The number of nitrogens with zero attached hydrogens (tertiary/aromatic N) is 1. The van der Waals surface area contributed by atoms with Gasteiger partial charge in [0.05, 0.1) is 24.6 Å². The first-order chi connectivity index (χ1) is 12.6. The Morgan fingerprint density at radius 3 is 2.30 bits per heavy atom. The maximum Gasteiger partial charge on any atom is 0.337 e. The molecule has 0 aliphatic heterocycles. The lowest BCUT2D eigenvalue weighted by atomic mass is 10.1. The molecule has 0 aliphatic carbocycles. The number of nitrogens with one attached hydrogen (secondary N) is 1. The van der Waals surface area contributed by atoms with Crippen LogP contribution in [0.25, 0.3) is 0 Å². The highest BCUT2D eigenvalue weighted by molar-refractivity contribution is 7.92. The van der Waals surface area contributed by atoms with Crippen molar-refractivity contribution in [3.05, 3.63) is 59.7 Å². The predicted octanol–water partition coefficient (Wildman–Crippen LogP) is 2.57. The molecule has 0 aliphatic rings. The average molecular weight is 390 g/mol. The smallest absolute Gasteiger partial charge is 0.337 e. The second-order valence-corrected chi connectivity index (χ2v) is 7.94. The van der Waals surface area contributed by atoms with Crippen LogP contribution < -0.4 is 9.62 Å². The summed E-state index contributed by atoms with van der Waals surface area (Å²) >= 11 is 0. The third-order valence-corrected chi connectivity index (χ3v) is 5.26. The fourth-order valence-electron chi connectivity index (χ4n) is 2.62. The van der Waals surface area contributed by atoms with Crippen LogP contribution in [-0.2, 0) is 19.6 Å². The van der Waals surface area contributed by atoms with Crippen molar-refractivity contribution in [3.8, 4) is 0 Å². The van der Waals surface area contributed by atoms with Crippen molar-refractivity contribution < 1.29 is 22.7 Å². The van der Waals surface area contributed by atoms with E-state index in [4.69, 9.17) is 0 Å². The number of amides is 1. The van der Waals surface area contributed by atoms with Gasteiger partial charge in [0.2, 0.25) is 15.9 Å². The molecule has 0 radical (unpaired) electrons. The van der Waals surface area contributed by atoms with Crippen molar-refractivity contribution >= 4 is 33.3 Å². The SMILES string of the molecule is COC(=O)c1ccc(C)c(NC(=O)[C@H](C)N(c2ccccc2)S(C)(=O)=O)c1. The molecule has 0 heterocycles. The maximum atomic E-state index is 12.7. The lowest BCUT2D eigenvalue weighted by molar-refractivity contribution is -0.116. The lowest BCUT2D eigenvalue weighted by Gasteiger charge is -2.28. The molecule has 7 nitrogen and oxygen atoms in total. The number of anilines is 2. The van der Waals surface area contributed by atoms with Crippen LogP contribution in [0.4, 0.5) is 11.4 Å². The Kier molecular flexibility index (Phi) is 6.22. The van der Waals surface area contributed by atoms with Crippen LogP contribution in [0.3, 0.4) is 0 Å². The van der Waals surface area contributed by atoms with Crippen LogP contribution in [0.15, 0.2) is 48.5 Å². The Balaban J connectivity index is 2.32. The van der Waals surface area contributed by atoms with Crippen LogP contribution in [0, 0.1) is 6.92 Å². The summed E-state index contributed by atoms with van der Waals surface area (Å²) in [4.78, 5) is 24.4. The molecular formula is C19H22N2O5S. The molecule has 2 aromatic rings. The number of carbonyl (C=O) groups excluding carboxylic acids is 2. The van der Waals surface area contributed by atoms with Crippen LogP contribution >= 0.6 is 0 Å². The predicted molar refractivity (Wildman–Crippen MR) is 104 cm³/mol. The van der Waals surface area contributed by atoms with E-state index in [1.165, 1.54) is 20.1 Å². The van der Waals surface area contributed by atoms with Crippen molar-refractivity contribution in [2.45, 2.75) is 19.9 Å². The van der Waals surface area contributed by atoms with Gasteiger partial charge in [0.15, 0.2) is 0 Å². The van der Waals surface area contributed by atoms with Crippen molar-refractivity contribution in [1.29, 1.82) is 0 Å². The Morgan fingerprint density at radius 1 is 1.11 bits per heavy atom. The first-order valence-electron chi connectivity index (χ1n) is 8.19. The number of hydrogen-bond donors (Lipinski definition) is 1. The summed E-state index contributed by atoms with van der Waals surface area (Å²) in [6.07, 6.45) is 1.05. The molecule has 27 heavy (non-hydrogen) atoms. The van der Waals surface area contributed by atoms with Crippen molar-refractivity contribution in [2.24, 2.45) is 0 Å². The van der Waals surface area contributed by atoms with Gasteiger partial charge in [-0.2, -0.15) is 0 Å². The summed E-state index contributed by atoms with van der Waals surface area (Å²) in [6.45, 7) is 3.27. The number of methoxy groups -OCH3 is 1. The van der Waals surface area contributed by atoms with E-state index < -0.39 is 27.9 Å². The number of para-hydroxylation sites is 1. The number of benzene rings is 2. The number of sulfonamides is 1. The van der Waals surface area contributed by atoms with E-state index in [1.807, 2.05) is 0 Å². The topological polar surface area (TPSA) is 92.8 Å². The molecule has 0 unspecified atom stereocenters. The standard InChI is InChI=1S/C19H22N2O5S/c1-13-10-11-15(19(23)26-3)12-17(13)20-18(22)14(2)21(27(4,24)25)16-8-6-5-7-9-16/h5-12,14H,1-4H3,(H,20,22)/t14-/m0/s1. The van der Waals surface area contributed by atoms with E-state index in [2.05, 4.69) is 10.1 Å². The Bertz CT molecular complexity index is 942. The summed E-state index contributed by atoms with van der Waals surface area (Å²) < 4.78 is 30.3. The van der Waals surface area contributed by atoms with Gasteiger partial charge in [0.25, 0.3) is 0 Å². The third kappa shape index (κ3) is 4.85. The third-order valence-electron chi connectivity index (χ3n) is 4.02. The normalized spacial score (nSPS) is 12.1. The largest absolute Gasteiger partial charge is 0.465 e. The molecule has 0 bridgehead atoms. The molecule has 1 atom stereocenters. The quantitative estimate of drug-likeness (QED) is 0.765. The Hall–Kier alpha value is -2.87.